The average molecular weight is 264 g/mol. The summed E-state index contributed by atoms with van der Waals surface area (Å²) in [5.74, 6) is 6.91. The Hall–Kier alpha value is -1.09. The Morgan fingerprint density at radius 1 is 1.38 bits per heavy atom. The monoisotopic (exact) mass is 264 g/mol. The van der Waals surface area contributed by atoms with Gasteiger partial charge in [0, 0.05) is 5.56 Å². The van der Waals surface area contributed by atoms with E-state index >= 15 is 0 Å². The molecule has 2 rings (SSSR count). The van der Waals surface area contributed by atoms with Gasteiger partial charge in [-0.1, -0.05) is 53.1 Å². The highest BCUT2D eigenvalue weighted by Crippen LogP contribution is 2.19. The quantitative estimate of drug-likeness (QED) is 0.512. The van der Waals surface area contributed by atoms with E-state index in [0.29, 0.717) is 3.95 Å². The molecule has 0 spiro atoms. The van der Waals surface area contributed by atoms with Crippen molar-refractivity contribution in [1.82, 2.24) is 10.2 Å². The lowest BCUT2D eigenvalue weighted by Gasteiger charge is -1.87. The van der Waals surface area contributed by atoms with Gasteiger partial charge in [0.1, 0.15) is 0 Å². The number of thioether (sulfide) groups is 1. The first-order valence-corrected chi connectivity index (χ1v) is 6.78. The van der Waals surface area contributed by atoms with E-state index in [9.17, 15) is 0 Å². The number of aromatic amines is 1. The maximum Gasteiger partial charge on any atom is 0.177 e. The van der Waals surface area contributed by atoms with Gasteiger partial charge in [-0.3, -0.25) is 5.10 Å². The number of hydrogen-bond acceptors (Lipinski definition) is 4. The minimum atomic E-state index is 0.707. The van der Waals surface area contributed by atoms with Gasteiger partial charge >= 0.3 is 0 Å². The molecular formula is C11H8N2S3. The Morgan fingerprint density at radius 2 is 2.19 bits per heavy atom. The van der Waals surface area contributed by atoms with Crippen molar-refractivity contribution >= 4 is 35.3 Å². The third kappa shape index (κ3) is 3.49. The Labute approximate surface area is 107 Å². The third-order valence-corrected chi connectivity index (χ3v) is 3.81. The normalized spacial score (nSPS) is 9.50. The Bertz CT molecular complexity index is 560. The first kappa shape index (κ1) is 11.4. The lowest BCUT2D eigenvalue weighted by Crippen LogP contribution is -1.75. The standard InChI is InChI=1S/C11H8N2S3/c14-10-12-13-11(16-10)15-8-4-7-9-5-2-1-3-6-9/h1-3,5-6H,8H2,(H,12,14). The predicted molar refractivity (Wildman–Crippen MR) is 71.3 cm³/mol. The Morgan fingerprint density at radius 3 is 2.88 bits per heavy atom. The highest BCUT2D eigenvalue weighted by atomic mass is 32.2. The van der Waals surface area contributed by atoms with Crippen LogP contribution in [0, 0.1) is 15.8 Å². The summed E-state index contributed by atoms with van der Waals surface area (Å²) in [4.78, 5) is 0. The van der Waals surface area contributed by atoms with Crippen molar-refractivity contribution < 1.29 is 0 Å². The van der Waals surface area contributed by atoms with Crippen LogP contribution in [0.3, 0.4) is 0 Å². The molecule has 0 radical (unpaired) electrons. The van der Waals surface area contributed by atoms with E-state index in [4.69, 9.17) is 12.2 Å². The number of nitrogens with one attached hydrogen (secondary N) is 1. The minimum absolute atomic E-state index is 0.707. The molecule has 0 unspecified atom stereocenters. The summed E-state index contributed by atoms with van der Waals surface area (Å²) in [6, 6.07) is 9.94. The first-order chi connectivity index (χ1) is 7.84. The molecule has 1 heterocycles. The van der Waals surface area contributed by atoms with E-state index in [2.05, 4.69) is 22.0 Å². The van der Waals surface area contributed by atoms with E-state index in [1.54, 1.807) is 11.8 Å². The van der Waals surface area contributed by atoms with Gasteiger partial charge in [0.2, 0.25) is 0 Å². The molecule has 0 fully saturated rings. The van der Waals surface area contributed by atoms with Gasteiger partial charge in [-0.25, -0.2) is 0 Å². The minimum Gasteiger partial charge on any atom is -0.257 e. The molecule has 16 heavy (non-hydrogen) atoms. The fraction of sp³-hybridized carbons (Fsp3) is 0.0909. The molecule has 1 N–H and O–H groups in total. The van der Waals surface area contributed by atoms with Crippen LogP contribution >= 0.6 is 35.3 Å². The molecule has 0 saturated heterocycles. The lowest BCUT2D eigenvalue weighted by atomic mass is 10.2. The number of H-pyrrole nitrogens is 1. The molecule has 2 nitrogen and oxygen atoms in total. The molecule has 80 valence electrons. The Kier molecular flexibility index (Phi) is 4.17. The third-order valence-electron chi connectivity index (χ3n) is 1.69. The fourth-order valence-corrected chi connectivity index (χ4v) is 2.86. The number of hydrogen-bond donors (Lipinski definition) is 1. The summed E-state index contributed by atoms with van der Waals surface area (Å²) in [5, 5.41) is 6.79. The molecule has 1 aromatic carbocycles. The van der Waals surface area contributed by atoms with Crippen LogP contribution in [0.1, 0.15) is 5.56 Å². The SMILES string of the molecule is S=c1[nH]nc(SCC#Cc2ccccc2)s1. The van der Waals surface area contributed by atoms with Crippen LogP contribution in [0.25, 0.3) is 0 Å². The molecule has 5 heteroatoms. The second-order valence-corrected chi connectivity index (χ2v) is 5.72. The van der Waals surface area contributed by atoms with Crippen LogP contribution in [0.15, 0.2) is 34.7 Å². The molecule has 0 bridgehead atoms. The molecule has 0 aliphatic carbocycles. The van der Waals surface area contributed by atoms with Crippen molar-refractivity contribution in [3.8, 4) is 11.8 Å². The molecule has 2 aromatic rings. The highest BCUT2D eigenvalue weighted by molar-refractivity contribution is 8.01. The van der Waals surface area contributed by atoms with Gasteiger partial charge < -0.3 is 0 Å². The van der Waals surface area contributed by atoms with Gasteiger partial charge in [0.05, 0.1) is 5.75 Å². The maximum atomic E-state index is 4.94. The van der Waals surface area contributed by atoms with Gasteiger partial charge in [-0.05, 0) is 24.4 Å². The maximum absolute atomic E-state index is 4.94. The van der Waals surface area contributed by atoms with Crippen molar-refractivity contribution in [3.05, 3.63) is 39.8 Å². The van der Waals surface area contributed by atoms with Crippen LogP contribution < -0.4 is 0 Å². The number of rotatable bonds is 2. The summed E-state index contributed by atoms with van der Waals surface area (Å²) in [7, 11) is 0. The van der Waals surface area contributed by atoms with Crippen molar-refractivity contribution in [2.75, 3.05) is 5.75 Å². The van der Waals surface area contributed by atoms with Gasteiger partial charge in [0.25, 0.3) is 0 Å². The van der Waals surface area contributed by atoms with E-state index in [-0.39, 0.29) is 0 Å². The van der Waals surface area contributed by atoms with E-state index in [1.807, 2.05) is 30.3 Å². The topological polar surface area (TPSA) is 28.7 Å². The second kappa shape index (κ2) is 5.85. The predicted octanol–water partition coefficient (Wildman–Crippen LogP) is 3.34. The van der Waals surface area contributed by atoms with Crippen LogP contribution in [0.4, 0.5) is 0 Å². The number of aromatic nitrogens is 2. The zero-order valence-corrected chi connectivity index (χ0v) is 10.7. The number of benzene rings is 1. The molecule has 0 amide bonds. The van der Waals surface area contributed by atoms with Gasteiger partial charge in [-0.15, -0.1) is 0 Å². The zero-order valence-electron chi connectivity index (χ0n) is 8.27. The highest BCUT2D eigenvalue weighted by Gasteiger charge is 1.95. The average Bonchev–Trinajstić information content (AvgIpc) is 2.72. The fourth-order valence-electron chi connectivity index (χ4n) is 1.04. The van der Waals surface area contributed by atoms with Gasteiger partial charge in [0.15, 0.2) is 8.29 Å². The molecular weight excluding hydrogens is 256 g/mol. The van der Waals surface area contributed by atoms with E-state index in [0.717, 1.165) is 15.7 Å². The van der Waals surface area contributed by atoms with Crippen LogP contribution in [-0.2, 0) is 0 Å². The van der Waals surface area contributed by atoms with Crippen LogP contribution in [-0.4, -0.2) is 16.0 Å². The summed E-state index contributed by atoms with van der Waals surface area (Å²) in [5.41, 5.74) is 1.04. The summed E-state index contributed by atoms with van der Waals surface area (Å²) < 4.78 is 1.64. The van der Waals surface area contributed by atoms with Crippen LogP contribution in [0.2, 0.25) is 0 Å². The molecule has 0 aliphatic heterocycles. The first-order valence-electron chi connectivity index (χ1n) is 4.57. The molecule has 0 atom stereocenters. The van der Waals surface area contributed by atoms with Crippen molar-refractivity contribution in [2.24, 2.45) is 0 Å². The summed E-state index contributed by atoms with van der Waals surface area (Å²) in [6.45, 7) is 0. The summed E-state index contributed by atoms with van der Waals surface area (Å²) in [6.07, 6.45) is 0. The smallest absolute Gasteiger partial charge is 0.177 e. The zero-order chi connectivity index (χ0) is 11.2. The van der Waals surface area contributed by atoms with Crippen molar-refractivity contribution in [2.45, 2.75) is 4.34 Å². The van der Waals surface area contributed by atoms with Crippen LogP contribution in [0.5, 0.6) is 0 Å². The lowest BCUT2D eigenvalue weighted by molar-refractivity contribution is 1.00. The van der Waals surface area contributed by atoms with Gasteiger partial charge in [-0.2, -0.15) is 5.10 Å². The summed E-state index contributed by atoms with van der Waals surface area (Å²) >= 11 is 8.01. The molecule has 1 aromatic heterocycles. The second-order valence-electron chi connectivity index (χ2n) is 2.84. The molecule has 0 saturated carbocycles. The van der Waals surface area contributed by atoms with E-state index in [1.165, 1.54) is 11.3 Å². The molecule has 0 aliphatic rings. The van der Waals surface area contributed by atoms with Crippen molar-refractivity contribution in [3.63, 3.8) is 0 Å². The van der Waals surface area contributed by atoms with Crippen molar-refractivity contribution in [1.29, 1.82) is 0 Å². The number of nitrogens with zero attached hydrogens (tertiary/aromatic N) is 1. The Balaban J connectivity index is 1.89. The largest absolute Gasteiger partial charge is 0.257 e. The van der Waals surface area contributed by atoms with E-state index < -0.39 is 0 Å².